The summed E-state index contributed by atoms with van der Waals surface area (Å²) in [6.07, 6.45) is 0.319. The van der Waals surface area contributed by atoms with E-state index in [9.17, 15) is 14.4 Å². The highest BCUT2D eigenvalue weighted by Gasteiger charge is 2.66. The third-order valence-electron chi connectivity index (χ3n) is 6.24. The van der Waals surface area contributed by atoms with Crippen LogP contribution in [-0.4, -0.2) is 30.7 Å². The molecular weight excluding hydrogens is 390 g/mol. The number of ether oxygens (including phenoxy) is 1. The highest BCUT2D eigenvalue weighted by atomic mass is 35.5. The fourth-order valence-electron chi connectivity index (χ4n) is 4.80. The van der Waals surface area contributed by atoms with Crippen LogP contribution in [0.3, 0.4) is 0 Å². The molecule has 2 aliphatic rings. The molecule has 1 saturated carbocycles. The molecule has 0 unspecified atom stereocenters. The van der Waals surface area contributed by atoms with Crippen molar-refractivity contribution in [3.05, 3.63) is 70.7 Å². The van der Waals surface area contributed by atoms with Crippen LogP contribution in [0.15, 0.2) is 54.6 Å². The van der Waals surface area contributed by atoms with Crippen molar-refractivity contribution in [2.45, 2.75) is 25.4 Å². The van der Waals surface area contributed by atoms with Crippen molar-refractivity contribution in [1.82, 2.24) is 5.32 Å². The Bertz CT molecular complexity index is 959. The summed E-state index contributed by atoms with van der Waals surface area (Å²) in [6.45, 7) is 1.70. The number of hydrogen-bond acceptors (Lipinski definition) is 5. The van der Waals surface area contributed by atoms with E-state index in [1.165, 1.54) is 7.11 Å². The zero-order valence-electron chi connectivity index (χ0n) is 16.2. The first-order chi connectivity index (χ1) is 13.9. The molecule has 1 heterocycles. The molecule has 1 N–H and O–H groups in total. The first kappa shape index (κ1) is 19.8. The molecule has 4 rings (SSSR count). The van der Waals surface area contributed by atoms with Crippen LogP contribution in [0.2, 0.25) is 5.02 Å². The molecule has 150 valence electrons. The highest BCUT2D eigenvalue weighted by molar-refractivity contribution is 6.30. The number of halogens is 1. The number of benzene rings is 2. The molecule has 2 aromatic rings. The average Bonchev–Trinajstić information content (AvgIpc) is 3.20. The van der Waals surface area contributed by atoms with E-state index in [4.69, 9.17) is 16.3 Å². The summed E-state index contributed by atoms with van der Waals surface area (Å²) in [4.78, 5) is 39.5. The van der Waals surface area contributed by atoms with Crippen LogP contribution in [0.1, 0.15) is 24.1 Å². The second kappa shape index (κ2) is 7.39. The molecule has 1 aliphatic heterocycles. The molecule has 0 bridgehead atoms. The quantitative estimate of drug-likeness (QED) is 0.618. The molecule has 5 nitrogen and oxygen atoms in total. The Kier molecular flexibility index (Phi) is 5.05. The number of methoxy groups -OCH3 is 1. The van der Waals surface area contributed by atoms with Crippen LogP contribution >= 0.6 is 11.6 Å². The molecule has 1 aliphatic carbocycles. The van der Waals surface area contributed by atoms with Gasteiger partial charge in [0, 0.05) is 11.1 Å². The molecule has 6 heteroatoms. The van der Waals surface area contributed by atoms with E-state index in [1.807, 2.05) is 42.5 Å². The Morgan fingerprint density at radius 2 is 1.66 bits per heavy atom. The van der Waals surface area contributed by atoms with Gasteiger partial charge in [-0.15, -0.1) is 0 Å². The van der Waals surface area contributed by atoms with Crippen molar-refractivity contribution in [1.29, 1.82) is 0 Å². The second-order valence-electron chi connectivity index (χ2n) is 7.97. The first-order valence-electron chi connectivity index (χ1n) is 9.58. The van der Waals surface area contributed by atoms with E-state index in [1.54, 1.807) is 19.1 Å². The minimum Gasteiger partial charge on any atom is -0.468 e. The summed E-state index contributed by atoms with van der Waals surface area (Å²) in [5.74, 6) is -2.22. The van der Waals surface area contributed by atoms with Crippen molar-refractivity contribution in [2.24, 2.45) is 17.3 Å². The van der Waals surface area contributed by atoms with E-state index >= 15 is 0 Å². The lowest BCUT2D eigenvalue weighted by Crippen LogP contribution is -2.44. The minimum atomic E-state index is -1.17. The number of nitrogens with one attached hydrogen (secondary N) is 1. The van der Waals surface area contributed by atoms with Gasteiger partial charge in [-0.25, -0.2) is 0 Å². The number of Topliss-reactive ketones (excluding diaryl/α,β-unsaturated/α-hetero) is 2. The van der Waals surface area contributed by atoms with Crippen molar-refractivity contribution in [3.8, 4) is 0 Å². The highest BCUT2D eigenvalue weighted by Crippen LogP contribution is 2.51. The lowest BCUT2D eigenvalue weighted by molar-refractivity contribution is -0.146. The first-order valence-corrected chi connectivity index (χ1v) is 9.96. The normalized spacial score (nSPS) is 31.0. The van der Waals surface area contributed by atoms with Gasteiger partial charge in [-0.2, -0.15) is 0 Å². The van der Waals surface area contributed by atoms with Gasteiger partial charge in [0.1, 0.15) is 6.04 Å². The minimum absolute atomic E-state index is 0.129. The lowest BCUT2D eigenvalue weighted by atomic mass is 9.78. The third kappa shape index (κ3) is 3.18. The van der Waals surface area contributed by atoms with E-state index in [2.05, 4.69) is 5.32 Å². The monoisotopic (exact) mass is 411 g/mol. The van der Waals surface area contributed by atoms with Gasteiger partial charge < -0.3 is 4.74 Å². The predicted molar refractivity (Wildman–Crippen MR) is 108 cm³/mol. The van der Waals surface area contributed by atoms with Crippen LogP contribution < -0.4 is 5.32 Å². The Morgan fingerprint density at radius 1 is 1.03 bits per heavy atom. The maximum absolute atomic E-state index is 13.6. The van der Waals surface area contributed by atoms with Gasteiger partial charge in [0.25, 0.3) is 0 Å². The average molecular weight is 412 g/mol. The number of carbonyl (C=O) groups excluding carboxylic acids is 3. The Hall–Kier alpha value is -2.50. The maximum atomic E-state index is 13.6. The summed E-state index contributed by atoms with van der Waals surface area (Å²) in [5.41, 5.74) is 0.568. The van der Waals surface area contributed by atoms with Crippen molar-refractivity contribution >= 4 is 29.1 Å². The molecular formula is C23H22ClNO4. The fourth-order valence-corrected chi connectivity index (χ4v) is 4.92. The van der Waals surface area contributed by atoms with Crippen LogP contribution in [0.25, 0.3) is 0 Å². The van der Waals surface area contributed by atoms with Crippen molar-refractivity contribution < 1.29 is 19.1 Å². The molecule has 1 saturated heterocycles. The van der Waals surface area contributed by atoms with E-state index in [0.29, 0.717) is 11.4 Å². The smallest absolute Gasteiger partial charge is 0.323 e. The number of carbonyl (C=O) groups is 3. The Balaban J connectivity index is 1.75. The number of hydrogen-bond donors (Lipinski definition) is 1. The number of rotatable bonds is 4. The molecule has 5 atom stereocenters. The van der Waals surface area contributed by atoms with Gasteiger partial charge in [-0.3, -0.25) is 19.7 Å². The fraction of sp³-hybridized carbons (Fsp3) is 0.348. The summed E-state index contributed by atoms with van der Waals surface area (Å²) in [6, 6.07) is 15.3. The largest absolute Gasteiger partial charge is 0.468 e. The number of esters is 1. The van der Waals surface area contributed by atoms with E-state index in [-0.39, 0.29) is 11.6 Å². The Morgan fingerprint density at radius 3 is 2.28 bits per heavy atom. The van der Waals surface area contributed by atoms with E-state index in [0.717, 1.165) is 11.1 Å². The molecule has 0 aromatic heterocycles. The molecule has 0 spiro atoms. The molecule has 0 amide bonds. The molecule has 2 fully saturated rings. The molecule has 0 radical (unpaired) electrons. The van der Waals surface area contributed by atoms with E-state index < -0.39 is 35.3 Å². The third-order valence-corrected chi connectivity index (χ3v) is 6.49. The van der Waals surface area contributed by atoms with Crippen molar-refractivity contribution in [2.75, 3.05) is 7.11 Å². The van der Waals surface area contributed by atoms with Crippen LogP contribution in [0, 0.1) is 17.3 Å². The van der Waals surface area contributed by atoms with Gasteiger partial charge in [0.05, 0.1) is 24.4 Å². The van der Waals surface area contributed by atoms with Crippen LogP contribution in [0.4, 0.5) is 0 Å². The zero-order valence-corrected chi connectivity index (χ0v) is 17.0. The summed E-state index contributed by atoms with van der Waals surface area (Å²) >= 11 is 6.00. The van der Waals surface area contributed by atoms with Gasteiger partial charge in [-0.05, 0) is 36.6 Å². The van der Waals surface area contributed by atoms with Crippen molar-refractivity contribution in [3.63, 3.8) is 0 Å². The number of fused-ring (bicyclic) bond motifs is 1. The summed E-state index contributed by atoms with van der Waals surface area (Å²) in [5, 5.41) is 3.76. The van der Waals surface area contributed by atoms with Gasteiger partial charge >= 0.3 is 5.97 Å². The summed E-state index contributed by atoms with van der Waals surface area (Å²) < 4.78 is 4.93. The molecule has 29 heavy (non-hydrogen) atoms. The molecule has 2 aromatic carbocycles. The SMILES string of the molecule is COC(=O)[C@@H]1N[C@H](c2ccc(Cl)cc2)[C@@H]2C(=O)[C@@](C)(Cc3ccccc3)C(=O)[C@@H]21. The Labute approximate surface area is 174 Å². The topological polar surface area (TPSA) is 72.5 Å². The van der Waals surface area contributed by atoms with Crippen LogP contribution in [0.5, 0.6) is 0 Å². The lowest BCUT2D eigenvalue weighted by Gasteiger charge is -2.26. The van der Waals surface area contributed by atoms with Gasteiger partial charge in [0.2, 0.25) is 0 Å². The zero-order chi connectivity index (χ0) is 20.8. The maximum Gasteiger partial charge on any atom is 0.323 e. The van der Waals surface area contributed by atoms with Gasteiger partial charge in [0.15, 0.2) is 11.6 Å². The van der Waals surface area contributed by atoms with Gasteiger partial charge in [-0.1, -0.05) is 54.1 Å². The summed E-state index contributed by atoms with van der Waals surface area (Å²) in [7, 11) is 1.29. The second-order valence-corrected chi connectivity index (χ2v) is 8.41. The van der Waals surface area contributed by atoms with Crippen LogP contribution in [-0.2, 0) is 25.5 Å². The number of ketones is 2. The standard InChI is InChI=1S/C23H22ClNO4/c1-23(12-13-6-4-3-5-7-13)20(26)16-17(21(23)27)19(22(28)29-2)25-18(16)14-8-10-15(24)11-9-14/h3-11,16-19,25H,12H2,1-2H3/t16-,17+,18-,19-,23-/m1/s1. The predicted octanol–water partition coefficient (Wildman–Crippen LogP) is 3.16.